The van der Waals surface area contributed by atoms with E-state index >= 15 is 0 Å². The van der Waals surface area contributed by atoms with Gasteiger partial charge in [0.25, 0.3) is 0 Å². The van der Waals surface area contributed by atoms with Gasteiger partial charge >= 0.3 is 6.03 Å². The number of benzene rings is 1. The van der Waals surface area contributed by atoms with Gasteiger partial charge in [-0.3, -0.25) is 0 Å². The van der Waals surface area contributed by atoms with E-state index in [1.54, 1.807) is 7.11 Å². The summed E-state index contributed by atoms with van der Waals surface area (Å²) in [6.07, 6.45) is 4.39. The van der Waals surface area contributed by atoms with Crippen LogP contribution in [0.3, 0.4) is 0 Å². The number of likely N-dealkylation sites (N-methyl/N-ethyl adjacent to an activating group) is 1. The van der Waals surface area contributed by atoms with Crippen LogP contribution in [0.15, 0.2) is 24.3 Å². The number of hydrogen-bond acceptors (Lipinski definition) is 3. The molecule has 1 heterocycles. The monoisotopic (exact) mass is 320 g/mol. The Morgan fingerprint density at radius 1 is 1.35 bits per heavy atom. The molecule has 1 unspecified atom stereocenters. The highest BCUT2D eigenvalue weighted by atomic mass is 16.5. The third-order valence-corrected chi connectivity index (χ3v) is 4.22. The number of carbonyl (C=O) groups excluding carboxylic acids is 1. The molecule has 0 bridgehead atoms. The Hall–Kier alpha value is -1.75. The molecule has 0 aromatic heterocycles. The van der Waals surface area contributed by atoms with E-state index in [4.69, 9.17) is 9.47 Å². The molecule has 2 rings (SSSR count). The second-order valence-electron chi connectivity index (χ2n) is 5.86. The minimum absolute atomic E-state index is 0.00446. The number of urea groups is 1. The maximum atomic E-state index is 12.3. The van der Waals surface area contributed by atoms with Gasteiger partial charge in [0, 0.05) is 26.2 Å². The van der Waals surface area contributed by atoms with E-state index in [1.165, 1.54) is 12.0 Å². The van der Waals surface area contributed by atoms with Gasteiger partial charge in [0.05, 0.1) is 13.2 Å². The number of carbonyl (C=O) groups is 1. The SMILES string of the molecule is CCN(CC1CCCCO1)C(=O)NCCc1ccc(OC)cc1. The first kappa shape index (κ1) is 17.6. The molecule has 2 amide bonds. The van der Waals surface area contributed by atoms with Gasteiger partial charge in [-0.25, -0.2) is 4.79 Å². The first-order valence-electron chi connectivity index (χ1n) is 8.50. The van der Waals surface area contributed by atoms with Gasteiger partial charge in [-0.15, -0.1) is 0 Å². The molecule has 1 aliphatic heterocycles. The zero-order chi connectivity index (χ0) is 16.5. The summed E-state index contributed by atoms with van der Waals surface area (Å²) in [4.78, 5) is 14.1. The van der Waals surface area contributed by atoms with E-state index in [1.807, 2.05) is 36.1 Å². The molecular weight excluding hydrogens is 292 g/mol. The van der Waals surface area contributed by atoms with Crippen LogP contribution in [0, 0.1) is 0 Å². The van der Waals surface area contributed by atoms with E-state index in [0.717, 1.165) is 31.6 Å². The van der Waals surface area contributed by atoms with Crippen molar-refractivity contribution in [1.29, 1.82) is 0 Å². The Kier molecular flexibility index (Phi) is 7.20. The van der Waals surface area contributed by atoms with E-state index in [9.17, 15) is 4.79 Å². The lowest BCUT2D eigenvalue weighted by Crippen LogP contribution is -2.45. The molecule has 5 nitrogen and oxygen atoms in total. The van der Waals surface area contributed by atoms with Gasteiger partial charge < -0.3 is 19.7 Å². The molecule has 1 aromatic carbocycles. The van der Waals surface area contributed by atoms with Crippen molar-refractivity contribution in [3.63, 3.8) is 0 Å². The summed E-state index contributed by atoms with van der Waals surface area (Å²) in [5.41, 5.74) is 1.18. The van der Waals surface area contributed by atoms with Crippen molar-refractivity contribution in [2.24, 2.45) is 0 Å². The zero-order valence-electron chi connectivity index (χ0n) is 14.2. The van der Waals surface area contributed by atoms with Crippen LogP contribution in [0.1, 0.15) is 31.7 Å². The molecule has 0 radical (unpaired) electrons. The highest BCUT2D eigenvalue weighted by molar-refractivity contribution is 5.74. The van der Waals surface area contributed by atoms with Crippen LogP contribution in [-0.4, -0.2) is 50.4 Å². The average molecular weight is 320 g/mol. The van der Waals surface area contributed by atoms with Gasteiger partial charge in [-0.2, -0.15) is 0 Å². The lowest BCUT2D eigenvalue weighted by molar-refractivity contribution is 0.00136. The van der Waals surface area contributed by atoms with Crippen LogP contribution < -0.4 is 10.1 Å². The van der Waals surface area contributed by atoms with E-state index in [0.29, 0.717) is 19.6 Å². The van der Waals surface area contributed by atoms with Crippen molar-refractivity contribution >= 4 is 6.03 Å². The Bertz CT molecular complexity index is 470. The fourth-order valence-corrected chi connectivity index (χ4v) is 2.77. The molecule has 23 heavy (non-hydrogen) atoms. The minimum Gasteiger partial charge on any atom is -0.497 e. The van der Waals surface area contributed by atoms with Gasteiger partial charge in [0.2, 0.25) is 0 Å². The highest BCUT2D eigenvalue weighted by Gasteiger charge is 2.20. The molecular formula is C18H28N2O3. The predicted molar refractivity (Wildman–Crippen MR) is 90.9 cm³/mol. The maximum Gasteiger partial charge on any atom is 0.317 e. The van der Waals surface area contributed by atoms with Crippen molar-refractivity contribution in [3.8, 4) is 5.75 Å². The maximum absolute atomic E-state index is 12.3. The highest BCUT2D eigenvalue weighted by Crippen LogP contribution is 2.14. The summed E-state index contributed by atoms with van der Waals surface area (Å²) < 4.78 is 10.9. The summed E-state index contributed by atoms with van der Waals surface area (Å²) in [7, 11) is 1.66. The number of nitrogens with zero attached hydrogens (tertiary/aromatic N) is 1. The van der Waals surface area contributed by atoms with Crippen LogP contribution >= 0.6 is 0 Å². The molecule has 0 aliphatic carbocycles. The second-order valence-corrected chi connectivity index (χ2v) is 5.86. The number of amides is 2. The molecule has 128 valence electrons. The standard InChI is InChI=1S/C18H28N2O3/c1-3-20(14-17-6-4-5-13-23-17)18(21)19-12-11-15-7-9-16(22-2)10-8-15/h7-10,17H,3-6,11-14H2,1-2H3,(H,19,21). The first-order chi connectivity index (χ1) is 11.2. The summed E-state index contributed by atoms with van der Waals surface area (Å²) in [5.74, 6) is 0.849. The lowest BCUT2D eigenvalue weighted by Gasteiger charge is -2.29. The number of nitrogens with one attached hydrogen (secondary N) is 1. The molecule has 1 N–H and O–H groups in total. The molecule has 5 heteroatoms. The smallest absolute Gasteiger partial charge is 0.317 e. The van der Waals surface area contributed by atoms with E-state index in [-0.39, 0.29) is 12.1 Å². The van der Waals surface area contributed by atoms with Crippen molar-refractivity contribution in [2.45, 2.75) is 38.7 Å². The minimum atomic E-state index is -0.00446. The molecule has 1 atom stereocenters. The third-order valence-electron chi connectivity index (χ3n) is 4.22. The summed E-state index contributed by atoms with van der Waals surface area (Å²) >= 11 is 0. The molecule has 1 aromatic rings. The molecule has 0 spiro atoms. The van der Waals surface area contributed by atoms with E-state index < -0.39 is 0 Å². The topological polar surface area (TPSA) is 50.8 Å². The Balaban J connectivity index is 1.72. The van der Waals surface area contributed by atoms with Crippen LogP contribution in [-0.2, 0) is 11.2 Å². The first-order valence-corrected chi connectivity index (χ1v) is 8.50. The number of hydrogen-bond donors (Lipinski definition) is 1. The largest absolute Gasteiger partial charge is 0.497 e. The second kappa shape index (κ2) is 9.40. The van der Waals surface area contributed by atoms with Crippen molar-refractivity contribution in [2.75, 3.05) is 33.4 Å². The summed E-state index contributed by atoms with van der Waals surface area (Å²) in [6.45, 7) is 4.85. The van der Waals surface area contributed by atoms with Crippen molar-refractivity contribution in [3.05, 3.63) is 29.8 Å². The molecule has 1 saturated heterocycles. The molecule has 1 aliphatic rings. The van der Waals surface area contributed by atoms with Crippen LogP contribution in [0.4, 0.5) is 4.79 Å². The molecule has 1 fully saturated rings. The Morgan fingerprint density at radius 3 is 2.74 bits per heavy atom. The van der Waals surface area contributed by atoms with Crippen molar-refractivity contribution < 1.29 is 14.3 Å². The number of rotatable bonds is 7. The van der Waals surface area contributed by atoms with Crippen LogP contribution in [0.2, 0.25) is 0 Å². The summed E-state index contributed by atoms with van der Waals surface area (Å²) in [6, 6.07) is 7.93. The Morgan fingerprint density at radius 2 is 2.13 bits per heavy atom. The van der Waals surface area contributed by atoms with Crippen LogP contribution in [0.25, 0.3) is 0 Å². The van der Waals surface area contributed by atoms with Gasteiger partial charge in [-0.05, 0) is 50.3 Å². The quantitative estimate of drug-likeness (QED) is 0.840. The third kappa shape index (κ3) is 5.75. The van der Waals surface area contributed by atoms with Crippen LogP contribution in [0.5, 0.6) is 5.75 Å². The van der Waals surface area contributed by atoms with Gasteiger partial charge in [0.1, 0.15) is 5.75 Å². The lowest BCUT2D eigenvalue weighted by atomic mass is 10.1. The van der Waals surface area contributed by atoms with Gasteiger partial charge in [0.15, 0.2) is 0 Å². The Labute approximate surface area is 139 Å². The fourth-order valence-electron chi connectivity index (χ4n) is 2.77. The predicted octanol–water partition coefficient (Wildman–Crippen LogP) is 2.84. The number of methoxy groups -OCH3 is 1. The van der Waals surface area contributed by atoms with E-state index in [2.05, 4.69) is 5.32 Å². The number of ether oxygens (including phenoxy) is 2. The molecule has 0 saturated carbocycles. The zero-order valence-corrected chi connectivity index (χ0v) is 14.2. The average Bonchev–Trinajstić information content (AvgIpc) is 2.61. The fraction of sp³-hybridized carbons (Fsp3) is 0.611. The van der Waals surface area contributed by atoms with Gasteiger partial charge in [-0.1, -0.05) is 12.1 Å². The van der Waals surface area contributed by atoms with Crippen molar-refractivity contribution in [1.82, 2.24) is 10.2 Å². The normalized spacial score (nSPS) is 17.6. The summed E-state index contributed by atoms with van der Waals surface area (Å²) in [5, 5.41) is 3.00.